The molecule has 98 valence electrons. The third kappa shape index (κ3) is 2.81. The first-order valence-corrected chi connectivity index (χ1v) is 7.44. The number of thioether (sulfide) groups is 1. The van der Waals surface area contributed by atoms with Crippen molar-refractivity contribution < 1.29 is 5.11 Å². The molecular formula is C16H22OS. The molecule has 2 heteroatoms. The molecule has 0 aromatic heterocycles. The highest BCUT2D eigenvalue weighted by Gasteiger charge is 2.36. The summed E-state index contributed by atoms with van der Waals surface area (Å²) in [7, 11) is 0. The van der Waals surface area contributed by atoms with E-state index in [0.717, 1.165) is 0 Å². The standard InChI is InChI=1S/C16H22OS/c1-10-8-11(2)13(4)16(12(10)3)18-15-9-14(15)6-5-7-17/h5-6,8,14-15,17H,7,9H2,1-4H3/b6-5+/t14-,15+/m0/s1. The van der Waals surface area contributed by atoms with Gasteiger partial charge in [-0.25, -0.2) is 0 Å². The first-order valence-electron chi connectivity index (χ1n) is 6.56. The molecule has 18 heavy (non-hydrogen) atoms. The Morgan fingerprint density at radius 3 is 2.39 bits per heavy atom. The molecule has 1 fully saturated rings. The van der Waals surface area contributed by atoms with Gasteiger partial charge in [0, 0.05) is 10.1 Å². The molecule has 1 saturated carbocycles. The predicted molar refractivity (Wildman–Crippen MR) is 79.4 cm³/mol. The van der Waals surface area contributed by atoms with Crippen LogP contribution in [0.3, 0.4) is 0 Å². The first kappa shape index (κ1) is 13.7. The van der Waals surface area contributed by atoms with Gasteiger partial charge in [0.25, 0.3) is 0 Å². The lowest BCUT2D eigenvalue weighted by Crippen LogP contribution is -1.95. The lowest BCUT2D eigenvalue weighted by molar-refractivity contribution is 0.342. The maximum Gasteiger partial charge on any atom is 0.0612 e. The molecule has 1 aliphatic rings. The van der Waals surface area contributed by atoms with Crippen molar-refractivity contribution in [2.75, 3.05) is 6.61 Å². The van der Waals surface area contributed by atoms with Crippen molar-refractivity contribution >= 4 is 11.8 Å². The fraction of sp³-hybridized carbons (Fsp3) is 0.500. The van der Waals surface area contributed by atoms with Gasteiger partial charge in [0.05, 0.1) is 6.61 Å². The zero-order valence-corrected chi connectivity index (χ0v) is 12.5. The van der Waals surface area contributed by atoms with Crippen molar-refractivity contribution in [2.45, 2.75) is 44.3 Å². The molecule has 2 atom stereocenters. The van der Waals surface area contributed by atoms with E-state index in [4.69, 9.17) is 5.11 Å². The summed E-state index contributed by atoms with van der Waals surface area (Å²) in [6.07, 6.45) is 5.27. The van der Waals surface area contributed by atoms with Crippen molar-refractivity contribution in [3.05, 3.63) is 40.5 Å². The molecule has 1 N–H and O–H groups in total. The van der Waals surface area contributed by atoms with Crippen molar-refractivity contribution in [3.8, 4) is 0 Å². The van der Waals surface area contributed by atoms with E-state index < -0.39 is 0 Å². The summed E-state index contributed by atoms with van der Waals surface area (Å²) in [6.45, 7) is 9.01. The highest BCUT2D eigenvalue weighted by atomic mass is 32.2. The van der Waals surface area contributed by atoms with Crippen LogP contribution in [0.1, 0.15) is 28.7 Å². The minimum Gasteiger partial charge on any atom is -0.392 e. The van der Waals surface area contributed by atoms with Crippen LogP contribution in [0.5, 0.6) is 0 Å². The second-order valence-electron chi connectivity index (χ2n) is 5.26. The molecular weight excluding hydrogens is 240 g/mol. The Balaban J connectivity index is 2.14. The van der Waals surface area contributed by atoms with Gasteiger partial charge in [-0.2, -0.15) is 0 Å². The number of benzene rings is 1. The van der Waals surface area contributed by atoms with E-state index in [-0.39, 0.29) is 6.61 Å². The number of rotatable bonds is 4. The second kappa shape index (κ2) is 5.50. The van der Waals surface area contributed by atoms with E-state index >= 15 is 0 Å². The van der Waals surface area contributed by atoms with Crippen molar-refractivity contribution in [1.29, 1.82) is 0 Å². The average molecular weight is 262 g/mol. The highest BCUT2D eigenvalue weighted by Crippen LogP contribution is 2.48. The zero-order valence-electron chi connectivity index (χ0n) is 11.7. The maximum absolute atomic E-state index is 8.79. The van der Waals surface area contributed by atoms with Gasteiger partial charge in [-0.15, -0.1) is 11.8 Å². The first-order chi connectivity index (χ1) is 8.54. The third-order valence-electron chi connectivity index (χ3n) is 3.83. The third-order valence-corrected chi connectivity index (χ3v) is 5.53. The number of aryl methyl sites for hydroxylation is 2. The smallest absolute Gasteiger partial charge is 0.0612 e. The summed E-state index contributed by atoms with van der Waals surface area (Å²) in [5.41, 5.74) is 5.65. The molecule has 0 aliphatic heterocycles. The van der Waals surface area contributed by atoms with Crippen LogP contribution in [0.15, 0.2) is 23.1 Å². The lowest BCUT2D eigenvalue weighted by atomic mass is 10.0. The van der Waals surface area contributed by atoms with Gasteiger partial charge < -0.3 is 5.11 Å². The van der Waals surface area contributed by atoms with Crippen LogP contribution >= 0.6 is 11.8 Å². The van der Waals surface area contributed by atoms with Crippen LogP contribution in [0.25, 0.3) is 0 Å². The molecule has 0 spiro atoms. The lowest BCUT2D eigenvalue weighted by Gasteiger charge is -2.14. The molecule has 1 aromatic rings. The number of allylic oxidation sites excluding steroid dienone is 1. The topological polar surface area (TPSA) is 20.2 Å². The summed E-state index contributed by atoms with van der Waals surface area (Å²) < 4.78 is 0. The molecule has 0 unspecified atom stereocenters. The van der Waals surface area contributed by atoms with E-state index in [1.54, 1.807) is 0 Å². The van der Waals surface area contributed by atoms with Crippen molar-refractivity contribution in [1.82, 2.24) is 0 Å². The van der Waals surface area contributed by atoms with Crippen LogP contribution < -0.4 is 0 Å². The number of aliphatic hydroxyl groups excluding tert-OH is 1. The van der Waals surface area contributed by atoms with Crippen LogP contribution in [-0.2, 0) is 0 Å². The number of hydrogen-bond donors (Lipinski definition) is 1. The summed E-state index contributed by atoms with van der Waals surface area (Å²) in [4.78, 5) is 1.47. The Bertz CT molecular complexity index is 450. The van der Waals surface area contributed by atoms with Gasteiger partial charge in [-0.1, -0.05) is 18.2 Å². The quantitative estimate of drug-likeness (QED) is 0.829. The van der Waals surface area contributed by atoms with Gasteiger partial charge in [-0.05, 0) is 62.3 Å². The Morgan fingerprint density at radius 2 is 1.83 bits per heavy atom. The molecule has 1 aromatic carbocycles. The van der Waals surface area contributed by atoms with Gasteiger partial charge in [0.2, 0.25) is 0 Å². The molecule has 0 radical (unpaired) electrons. The van der Waals surface area contributed by atoms with Gasteiger partial charge in [-0.3, -0.25) is 0 Å². The highest BCUT2D eigenvalue weighted by molar-refractivity contribution is 8.00. The molecule has 1 aliphatic carbocycles. The Hall–Kier alpha value is -0.730. The van der Waals surface area contributed by atoms with Gasteiger partial charge in [0.1, 0.15) is 0 Å². The fourth-order valence-corrected chi connectivity index (χ4v) is 3.83. The monoisotopic (exact) mass is 262 g/mol. The zero-order chi connectivity index (χ0) is 13.3. The van der Waals surface area contributed by atoms with Crippen LogP contribution in [-0.4, -0.2) is 17.0 Å². The summed E-state index contributed by atoms with van der Waals surface area (Å²) >= 11 is 2.02. The molecule has 1 nitrogen and oxygen atoms in total. The molecule has 0 amide bonds. The van der Waals surface area contributed by atoms with E-state index in [1.807, 2.05) is 17.8 Å². The van der Waals surface area contributed by atoms with Crippen LogP contribution in [0, 0.1) is 33.6 Å². The van der Waals surface area contributed by atoms with E-state index in [9.17, 15) is 0 Å². The van der Waals surface area contributed by atoms with Crippen molar-refractivity contribution in [2.24, 2.45) is 5.92 Å². The molecule has 2 rings (SSSR count). The van der Waals surface area contributed by atoms with E-state index in [0.29, 0.717) is 11.2 Å². The summed E-state index contributed by atoms with van der Waals surface area (Å²) in [6, 6.07) is 2.28. The number of hydrogen-bond acceptors (Lipinski definition) is 2. The van der Waals surface area contributed by atoms with Crippen LogP contribution in [0.2, 0.25) is 0 Å². The SMILES string of the molecule is Cc1cc(C)c(C)c(S[C@@H]2C[C@@H]2/C=C/CO)c1C. The fourth-order valence-electron chi connectivity index (χ4n) is 2.27. The normalized spacial score (nSPS) is 22.7. The molecule has 0 bridgehead atoms. The summed E-state index contributed by atoms with van der Waals surface area (Å²) in [5.74, 6) is 0.654. The minimum atomic E-state index is 0.162. The van der Waals surface area contributed by atoms with Crippen molar-refractivity contribution in [3.63, 3.8) is 0 Å². The van der Waals surface area contributed by atoms with Gasteiger partial charge >= 0.3 is 0 Å². The number of aliphatic hydroxyl groups is 1. The maximum atomic E-state index is 8.79. The van der Waals surface area contributed by atoms with Crippen LogP contribution in [0.4, 0.5) is 0 Å². The average Bonchev–Trinajstić information content (AvgIpc) is 3.08. The Labute approximate surface area is 114 Å². The van der Waals surface area contributed by atoms with E-state index in [2.05, 4.69) is 39.8 Å². The predicted octanol–water partition coefficient (Wildman–Crippen LogP) is 3.95. The minimum absolute atomic E-state index is 0.162. The van der Waals surface area contributed by atoms with Gasteiger partial charge in [0.15, 0.2) is 0 Å². The molecule has 0 saturated heterocycles. The largest absolute Gasteiger partial charge is 0.392 e. The summed E-state index contributed by atoms with van der Waals surface area (Å²) in [5, 5.41) is 9.49. The molecule has 0 heterocycles. The Morgan fingerprint density at radius 1 is 1.22 bits per heavy atom. The second-order valence-corrected chi connectivity index (χ2v) is 6.51. The Kier molecular flexibility index (Phi) is 4.18. The van der Waals surface area contributed by atoms with E-state index in [1.165, 1.54) is 33.6 Å².